The lowest BCUT2D eigenvalue weighted by atomic mass is 10.1. The summed E-state index contributed by atoms with van der Waals surface area (Å²) in [6.45, 7) is 1.85. The molecular weight excluding hydrogens is 273 g/mol. The highest BCUT2D eigenvalue weighted by Crippen LogP contribution is 2.29. The van der Waals surface area contributed by atoms with E-state index in [4.69, 9.17) is 10.5 Å². The van der Waals surface area contributed by atoms with Crippen LogP contribution >= 0.6 is 11.8 Å². The normalized spacial score (nSPS) is 12.2. The van der Waals surface area contributed by atoms with E-state index < -0.39 is 0 Å². The van der Waals surface area contributed by atoms with Crippen molar-refractivity contribution in [2.75, 3.05) is 6.26 Å². The third-order valence-electron chi connectivity index (χ3n) is 2.89. The van der Waals surface area contributed by atoms with Crippen LogP contribution in [0.2, 0.25) is 0 Å². The predicted octanol–water partition coefficient (Wildman–Crippen LogP) is 4.23. The van der Waals surface area contributed by atoms with E-state index in [0.717, 1.165) is 4.90 Å². The SMILES string of the molecule is CSc1ccc(Oc2cccc(F)c2CC(C)N)cc1. The Kier molecular flexibility index (Phi) is 5.04. The first-order chi connectivity index (χ1) is 9.60. The van der Waals surface area contributed by atoms with Crippen LogP contribution in [0, 0.1) is 5.82 Å². The number of benzene rings is 2. The van der Waals surface area contributed by atoms with Crippen LogP contribution in [-0.4, -0.2) is 12.3 Å². The van der Waals surface area contributed by atoms with Crippen molar-refractivity contribution in [3.8, 4) is 11.5 Å². The minimum atomic E-state index is -0.277. The fourth-order valence-corrected chi connectivity index (χ4v) is 2.33. The van der Waals surface area contributed by atoms with Gasteiger partial charge in [0.15, 0.2) is 0 Å². The Hall–Kier alpha value is -1.52. The topological polar surface area (TPSA) is 35.2 Å². The molecule has 0 amide bonds. The van der Waals surface area contributed by atoms with Gasteiger partial charge in [0.2, 0.25) is 0 Å². The van der Waals surface area contributed by atoms with Crippen molar-refractivity contribution in [2.45, 2.75) is 24.3 Å². The van der Waals surface area contributed by atoms with E-state index in [1.807, 2.05) is 37.4 Å². The molecule has 0 aliphatic rings. The zero-order chi connectivity index (χ0) is 14.5. The van der Waals surface area contributed by atoms with Crippen LogP contribution in [0.25, 0.3) is 0 Å². The minimum Gasteiger partial charge on any atom is -0.457 e. The van der Waals surface area contributed by atoms with Gasteiger partial charge < -0.3 is 10.5 Å². The van der Waals surface area contributed by atoms with Gasteiger partial charge in [-0.25, -0.2) is 4.39 Å². The summed E-state index contributed by atoms with van der Waals surface area (Å²) in [6.07, 6.45) is 2.47. The predicted molar refractivity (Wildman–Crippen MR) is 82.1 cm³/mol. The third kappa shape index (κ3) is 3.74. The maximum Gasteiger partial charge on any atom is 0.133 e. The summed E-state index contributed by atoms with van der Waals surface area (Å²) in [5.74, 6) is 0.944. The lowest BCUT2D eigenvalue weighted by Crippen LogP contribution is -2.19. The number of nitrogens with two attached hydrogens (primary N) is 1. The lowest BCUT2D eigenvalue weighted by molar-refractivity contribution is 0.463. The third-order valence-corrected chi connectivity index (χ3v) is 3.63. The highest BCUT2D eigenvalue weighted by atomic mass is 32.2. The zero-order valence-corrected chi connectivity index (χ0v) is 12.4. The number of ether oxygens (including phenoxy) is 1. The highest BCUT2D eigenvalue weighted by Gasteiger charge is 2.12. The average molecular weight is 291 g/mol. The molecule has 0 saturated carbocycles. The summed E-state index contributed by atoms with van der Waals surface area (Å²) in [5, 5.41) is 0. The van der Waals surface area contributed by atoms with Crippen LogP contribution in [0.15, 0.2) is 47.4 Å². The van der Waals surface area contributed by atoms with Gasteiger partial charge in [-0.1, -0.05) is 6.07 Å². The minimum absolute atomic E-state index is 0.117. The standard InChI is InChI=1S/C16H18FNOS/c1-11(18)10-14-15(17)4-3-5-16(14)19-12-6-8-13(20-2)9-7-12/h3-9,11H,10,18H2,1-2H3. The molecule has 2 rings (SSSR count). The van der Waals surface area contributed by atoms with Gasteiger partial charge in [-0.3, -0.25) is 0 Å². The van der Waals surface area contributed by atoms with Crippen molar-refractivity contribution in [1.29, 1.82) is 0 Å². The molecule has 0 spiro atoms. The van der Waals surface area contributed by atoms with Crippen molar-refractivity contribution in [3.63, 3.8) is 0 Å². The van der Waals surface area contributed by atoms with Gasteiger partial charge in [-0.15, -0.1) is 11.8 Å². The van der Waals surface area contributed by atoms with Gasteiger partial charge >= 0.3 is 0 Å². The van der Waals surface area contributed by atoms with Gasteiger partial charge in [0.05, 0.1) is 0 Å². The van der Waals surface area contributed by atoms with Gasteiger partial charge in [0.1, 0.15) is 17.3 Å². The molecule has 0 radical (unpaired) electrons. The first-order valence-corrected chi connectivity index (χ1v) is 7.67. The van der Waals surface area contributed by atoms with Gasteiger partial charge in [0, 0.05) is 16.5 Å². The fraction of sp³-hybridized carbons (Fsp3) is 0.250. The molecule has 0 aliphatic carbocycles. The number of hydrogen-bond donors (Lipinski definition) is 1. The van der Waals surface area contributed by atoms with Crippen molar-refractivity contribution in [2.24, 2.45) is 5.73 Å². The second kappa shape index (κ2) is 6.77. The Morgan fingerprint density at radius 2 is 1.90 bits per heavy atom. The van der Waals surface area contributed by atoms with E-state index in [-0.39, 0.29) is 11.9 Å². The lowest BCUT2D eigenvalue weighted by Gasteiger charge is -2.13. The Labute approximate surface area is 123 Å². The molecule has 0 bridgehead atoms. The largest absolute Gasteiger partial charge is 0.457 e. The first kappa shape index (κ1) is 14.9. The smallest absolute Gasteiger partial charge is 0.133 e. The first-order valence-electron chi connectivity index (χ1n) is 6.45. The number of rotatable bonds is 5. The van der Waals surface area contributed by atoms with Gasteiger partial charge in [0.25, 0.3) is 0 Å². The second-order valence-corrected chi connectivity index (χ2v) is 5.56. The molecule has 1 atom stereocenters. The molecule has 4 heteroatoms. The van der Waals surface area contributed by atoms with E-state index >= 15 is 0 Å². The summed E-state index contributed by atoms with van der Waals surface area (Å²) in [4.78, 5) is 1.16. The number of hydrogen-bond acceptors (Lipinski definition) is 3. The van der Waals surface area contributed by atoms with E-state index in [2.05, 4.69) is 0 Å². The molecule has 2 nitrogen and oxygen atoms in total. The highest BCUT2D eigenvalue weighted by molar-refractivity contribution is 7.98. The molecular formula is C16H18FNOS. The fourth-order valence-electron chi connectivity index (χ4n) is 1.93. The van der Waals surface area contributed by atoms with Crippen LogP contribution in [0.3, 0.4) is 0 Å². The van der Waals surface area contributed by atoms with Crippen LogP contribution < -0.4 is 10.5 Å². The molecule has 106 valence electrons. The van der Waals surface area contributed by atoms with Crippen LogP contribution in [0.1, 0.15) is 12.5 Å². The molecule has 0 heterocycles. The maximum absolute atomic E-state index is 13.9. The maximum atomic E-state index is 13.9. The van der Waals surface area contributed by atoms with Crippen LogP contribution in [0.4, 0.5) is 4.39 Å². The monoisotopic (exact) mass is 291 g/mol. The van der Waals surface area contributed by atoms with Crippen molar-refractivity contribution < 1.29 is 9.13 Å². The Morgan fingerprint density at radius 3 is 2.50 bits per heavy atom. The Morgan fingerprint density at radius 1 is 1.20 bits per heavy atom. The van der Waals surface area contributed by atoms with Gasteiger partial charge in [-0.2, -0.15) is 0 Å². The van der Waals surface area contributed by atoms with Crippen LogP contribution in [0.5, 0.6) is 11.5 Å². The number of thioether (sulfide) groups is 1. The van der Waals surface area contributed by atoms with Crippen LogP contribution in [-0.2, 0) is 6.42 Å². The van der Waals surface area contributed by atoms with Crippen molar-refractivity contribution in [3.05, 3.63) is 53.8 Å². The summed E-state index contributed by atoms with van der Waals surface area (Å²) in [7, 11) is 0. The Bertz CT molecular complexity index is 569. The van der Waals surface area contributed by atoms with E-state index in [9.17, 15) is 4.39 Å². The quantitative estimate of drug-likeness (QED) is 0.837. The van der Waals surface area contributed by atoms with Gasteiger partial charge in [-0.05, 0) is 56.0 Å². The summed E-state index contributed by atoms with van der Waals surface area (Å²) >= 11 is 1.67. The van der Waals surface area contributed by atoms with E-state index in [1.54, 1.807) is 23.9 Å². The molecule has 0 aromatic heterocycles. The molecule has 1 unspecified atom stereocenters. The second-order valence-electron chi connectivity index (χ2n) is 4.68. The molecule has 2 N–H and O–H groups in total. The summed E-state index contributed by atoms with van der Waals surface area (Å²) < 4.78 is 19.7. The van der Waals surface area contributed by atoms with Crippen molar-refractivity contribution in [1.82, 2.24) is 0 Å². The summed E-state index contributed by atoms with van der Waals surface area (Å²) in [5.41, 5.74) is 6.29. The molecule has 2 aromatic carbocycles. The van der Waals surface area contributed by atoms with Crippen molar-refractivity contribution >= 4 is 11.8 Å². The summed E-state index contributed by atoms with van der Waals surface area (Å²) in [6, 6.07) is 12.4. The molecule has 0 fully saturated rings. The molecule has 0 saturated heterocycles. The molecule has 20 heavy (non-hydrogen) atoms. The Balaban J connectivity index is 2.25. The number of halogens is 1. The van der Waals surface area contributed by atoms with E-state index in [1.165, 1.54) is 6.07 Å². The molecule has 0 aliphatic heterocycles. The average Bonchev–Trinajstić information content (AvgIpc) is 2.43. The van der Waals surface area contributed by atoms with E-state index in [0.29, 0.717) is 23.5 Å². The zero-order valence-electron chi connectivity index (χ0n) is 11.6. The molecule has 2 aromatic rings.